The molecular formula is C13H20N2O3S2. The first-order chi connectivity index (χ1) is 9.66. The molecule has 112 valence electrons. The normalized spacial score (nSPS) is 21.2. The van der Waals surface area contributed by atoms with Crippen LogP contribution in [0.15, 0.2) is 16.3 Å². The van der Waals surface area contributed by atoms with Crippen molar-refractivity contribution in [2.45, 2.75) is 29.5 Å². The molecule has 0 atom stereocenters. The quantitative estimate of drug-likeness (QED) is 0.853. The molecule has 2 aliphatic rings. The minimum atomic E-state index is -3.32. The molecule has 1 aliphatic carbocycles. The van der Waals surface area contributed by atoms with Gasteiger partial charge in [-0.2, -0.15) is 4.31 Å². The molecule has 1 N–H and O–H groups in total. The fraction of sp³-hybridized carbons (Fsp3) is 0.692. The lowest BCUT2D eigenvalue weighted by Gasteiger charge is -2.25. The molecule has 1 aromatic rings. The van der Waals surface area contributed by atoms with Crippen molar-refractivity contribution in [2.75, 3.05) is 32.8 Å². The second kappa shape index (κ2) is 6.11. The van der Waals surface area contributed by atoms with Gasteiger partial charge in [0.2, 0.25) is 0 Å². The lowest BCUT2D eigenvalue weighted by atomic mass is 10.3. The molecule has 0 unspecified atom stereocenters. The smallest absolute Gasteiger partial charge is 0.252 e. The second-order valence-corrected chi connectivity index (χ2v) is 8.55. The molecule has 0 amide bonds. The van der Waals surface area contributed by atoms with E-state index < -0.39 is 10.0 Å². The van der Waals surface area contributed by atoms with E-state index >= 15 is 0 Å². The first-order valence-corrected chi connectivity index (χ1v) is 9.32. The number of nitrogens with one attached hydrogen (secondary N) is 1. The van der Waals surface area contributed by atoms with Crippen LogP contribution in [-0.2, 0) is 21.2 Å². The first-order valence-electron chi connectivity index (χ1n) is 7.06. The van der Waals surface area contributed by atoms with Crippen LogP contribution in [0.3, 0.4) is 0 Å². The molecule has 1 aliphatic heterocycles. The first kappa shape index (κ1) is 14.5. The van der Waals surface area contributed by atoms with Crippen LogP contribution in [0.5, 0.6) is 0 Å². The van der Waals surface area contributed by atoms with Crippen molar-refractivity contribution in [1.82, 2.24) is 9.62 Å². The van der Waals surface area contributed by atoms with E-state index in [1.165, 1.54) is 28.5 Å². The van der Waals surface area contributed by atoms with E-state index in [4.69, 9.17) is 4.74 Å². The van der Waals surface area contributed by atoms with Crippen molar-refractivity contribution >= 4 is 21.4 Å². The summed E-state index contributed by atoms with van der Waals surface area (Å²) < 4.78 is 32.1. The zero-order valence-corrected chi connectivity index (χ0v) is 13.0. The van der Waals surface area contributed by atoms with E-state index in [0.717, 1.165) is 17.8 Å². The summed E-state index contributed by atoms with van der Waals surface area (Å²) in [4.78, 5) is 1.13. The van der Waals surface area contributed by atoms with Gasteiger partial charge in [-0.25, -0.2) is 8.42 Å². The number of hydrogen-bond donors (Lipinski definition) is 1. The Kier molecular flexibility index (Phi) is 4.42. The van der Waals surface area contributed by atoms with Crippen LogP contribution in [0.4, 0.5) is 0 Å². The molecule has 0 bridgehead atoms. The zero-order valence-electron chi connectivity index (χ0n) is 11.4. The van der Waals surface area contributed by atoms with Crippen molar-refractivity contribution in [2.24, 2.45) is 0 Å². The summed E-state index contributed by atoms with van der Waals surface area (Å²) >= 11 is 1.40. The van der Waals surface area contributed by atoms with E-state index in [-0.39, 0.29) is 0 Å². The summed E-state index contributed by atoms with van der Waals surface area (Å²) in [5.74, 6) is 0. The third kappa shape index (κ3) is 3.40. The molecule has 2 heterocycles. The Morgan fingerprint density at radius 3 is 2.75 bits per heavy atom. The Bertz CT molecular complexity index is 546. The molecule has 1 saturated carbocycles. The third-order valence-corrected chi connectivity index (χ3v) is 7.09. The Morgan fingerprint density at radius 1 is 1.30 bits per heavy atom. The summed E-state index contributed by atoms with van der Waals surface area (Å²) in [5.41, 5.74) is 0. The number of sulfonamides is 1. The lowest BCUT2D eigenvalue weighted by Crippen LogP contribution is -2.40. The van der Waals surface area contributed by atoms with Crippen LogP contribution in [0.25, 0.3) is 0 Å². The summed E-state index contributed by atoms with van der Waals surface area (Å²) in [6, 6.07) is 4.38. The number of hydrogen-bond acceptors (Lipinski definition) is 5. The fourth-order valence-electron chi connectivity index (χ4n) is 2.23. The van der Waals surface area contributed by atoms with Crippen LogP contribution in [0.1, 0.15) is 17.7 Å². The Morgan fingerprint density at radius 2 is 2.05 bits per heavy atom. The van der Waals surface area contributed by atoms with Crippen LogP contribution in [0.2, 0.25) is 0 Å². The summed E-state index contributed by atoms with van der Waals surface area (Å²) in [7, 11) is -3.32. The van der Waals surface area contributed by atoms with E-state index in [0.29, 0.717) is 36.6 Å². The maximum atomic E-state index is 12.5. The van der Waals surface area contributed by atoms with Gasteiger partial charge in [0.1, 0.15) is 4.21 Å². The average molecular weight is 316 g/mol. The molecule has 20 heavy (non-hydrogen) atoms. The van der Waals surface area contributed by atoms with Crippen LogP contribution >= 0.6 is 11.3 Å². The molecule has 0 aromatic carbocycles. The molecule has 1 saturated heterocycles. The van der Waals surface area contributed by atoms with Gasteiger partial charge >= 0.3 is 0 Å². The number of nitrogens with zero attached hydrogens (tertiary/aromatic N) is 1. The van der Waals surface area contributed by atoms with Crippen LogP contribution in [-0.4, -0.2) is 51.6 Å². The van der Waals surface area contributed by atoms with Gasteiger partial charge in [-0.05, 0) is 31.4 Å². The Hall–Kier alpha value is -0.470. The van der Waals surface area contributed by atoms with Crippen molar-refractivity contribution in [3.63, 3.8) is 0 Å². The minimum absolute atomic E-state index is 0.457. The highest BCUT2D eigenvalue weighted by Crippen LogP contribution is 2.26. The lowest BCUT2D eigenvalue weighted by molar-refractivity contribution is 0.0731. The molecule has 7 heteroatoms. The van der Waals surface area contributed by atoms with Gasteiger partial charge in [-0.1, -0.05) is 0 Å². The maximum Gasteiger partial charge on any atom is 0.252 e. The predicted molar refractivity (Wildman–Crippen MR) is 78.6 cm³/mol. The van der Waals surface area contributed by atoms with Crippen molar-refractivity contribution in [1.29, 1.82) is 0 Å². The third-order valence-electron chi connectivity index (χ3n) is 3.58. The molecule has 3 rings (SSSR count). The van der Waals surface area contributed by atoms with Crippen molar-refractivity contribution < 1.29 is 13.2 Å². The molecule has 5 nitrogen and oxygen atoms in total. The molecule has 0 radical (unpaired) electrons. The largest absolute Gasteiger partial charge is 0.379 e. The van der Waals surface area contributed by atoms with Gasteiger partial charge in [0.25, 0.3) is 10.0 Å². The average Bonchev–Trinajstić information content (AvgIpc) is 3.15. The van der Waals surface area contributed by atoms with Crippen LogP contribution in [0, 0.1) is 0 Å². The highest BCUT2D eigenvalue weighted by Gasteiger charge is 2.27. The van der Waals surface area contributed by atoms with E-state index in [1.807, 2.05) is 6.07 Å². The molecule has 0 spiro atoms. The van der Waals surface area contributed by atoms with Gasteiger partial charge in [-0.15, -0.1) is 11.3 Å². The molecule has 2 fully saturated rings. The maximum absolute atomic E-state index is 12.5. The van der Waals surface area contributed by atoms with E-state index in [9.17, 15) is 8.42 Å². The molecular weight excluding hydrogens is 296 g/mol. The summed E-state index contributed by atoms with van der Waals surface area (Å²) in [6.07, 6.45) is 3.46. The van der Waals surface area contributed by atoms with Gasteiger partial charge in [-0.3, -0.25) is 0 Å². The van der Waals surface area contributed by atoms with E-state index in [2.05, 4.69) is 5.32 Å². The predicted octanol–water partition coefficient (Wildman–Crippen LogP) is 1.06. The molecule has 1 aromatic heterocycles. The van der Waals surface area contributed by atoms with Crippen molar-refractivity contribution in [3.8, 4) is 0 Å². The topological polar surface area (TPSA) is 58.6 Å². The van der Waals surface area contributed by atoms with Gasteiger partial charge in [0, 0.05) is 30.6 Å². The van der Waals surface area contributed by atoms with Crippen molar-refractivity contribution in [3.05, 3.63) is 17.0 Å². The number of morpholine rings is 1. The van der Waals surface area contributed by atoms with Gasteiger partial charge < -0.3 is 10.1 Å². The highest BCUT2D eigenvalue weighted by molar-refractivity contribution is 7.91. The summed E-state index contributed by atoms with van der Waals surface area (Å²) in [5, 5.41) is 3.45. The number of ether oxygens (including phenoxy) is 1. The second-order valence-electron chi connectivity index (χ2n) is 5.22. The van der Waals surface area contributed by atoms with Gasteiger partial charge in [0.15, 0.2) is 0 Å². The van der Waals surface area contributed by atoms with Crippen LogP contribution < -0.4 is 5.32 Å². The Labute approximate surface area is 124 Å². The SMILES string of the molecule is O=S(=O)(c1ccc(CCNC2CC2)s1)N1CCOCC1. The summed E-state index contributed by atoms with van der Waals surface area (Å²) in [6.45, 7) is 2.82. The highest BCUT2D eigenvalue weighted by atomic mass is 32.2. The number of rotatable bonds is 6. The van der Waals surface area contributed by atoms with E-state index in [1.54, 1.807) is 6.07 Å². The number of thiophene rings is 1. The minimum Gasteiger partial charge on any atom is -0.379 e. The monoisotopic (exact) mass is 316 g/mol. The standard InChI is InChI=1S/C13H20N2O3S2/c16-20(17,15-7-9-18-10-8-15)13-4-3-12(19-13)5-6-14-11-1-2-11/h3-4,11,14H,1-2,5-10H2. The zero-order chi connectivity index (χ0) is 14.0. The fourth-order valence-corrected chi connectivity index (χ4v) is 5.15. The van der Waals surface area contributed by atoms with Gasteiger partial charge in [0.05, 0.1) is 13.2 Å². The Balaban J connectivity index is 1.61.